The predicted molar refractivity (Wildman–Crippen MR) is 88.1 cm³/mol. The molecule has 22 heavy (non-hydrogen) atoms. The van der Waals surface area contributed by atoms with E-state index >= 15 is 0 Å². The van der Waals surface area contributed by atoms with Gasteiger partial charge < -0.3 is 19.3 Å². The molecule has 0 spiro atoms. The number of aliphatic hydroxyl groups excluding tert-OH is 1. The first-order valence-electron chi connectivity index (χ1n) is 7.10. The molecule has 0 heterocycles. The summed E-state index contributed by atoms with van der Waals surface area (Å²) >= 11 is 0. The van der Waals surface area contributed by atoms with Gasteiger partial charge in [-0.25, -0.2) is 0 Å². The number of rotatable bonds is 6. The molecule has 0 aliphatic heterocycles. The Morgan fingerprint density at radius 3 is 2.27 bits per heavy atom. The summed E-state index contributed by atoms with van der Waals surface area (Å²) < 4.78 is 16.6. The van der Waals surface area contributed by atoms with E-state index in [9.17, 15) is 5.11 Å². The second-order valence-corrected chi connectivity index (χ2v) is 5.06. The highest BCUT2D eigenvalue weighted by molar-refractivity contribution is 5.99. The van der Waals surface area contributed by atoms with E-state index in [1.165, 1.54) is 0 Å². The van der Waals surface area contributed by atoms with Crippen LogP contribution >= 0.6 is 0 Å². The highest BCUT2D eigenvalue weighted by Crippen LogP contribution is 2.45. The summed E-state index contributed by atoms with van der Waals surface area (Å²) in [5.74, 6) is 2.14. The Labute approximate surface area is 130 Å². The SMILES string of the molecule is C=CC(C)c1c(CO)cc2c(OC)ccc(OC)c2c1OC. The van der Waals surface area contributed by atoms with Crippen molar-refractivity contribution in [2.75, 3.05) is 21.3 Å². The molecular formula is C18H22O4. The third kappa shape index (κ3) is 2.50. The van der Waals surface area contributed by atoms with E-state index in [1.807, 2.05) is 31.2 Å². The number of hydrogen-bond acceptors (Lipinski definition) is 4. The maximum atomic E-state index is 9.77. The van der Waals surface area contributed by atoms with E-state index in [2.05, 4.69) is 6.58 Å². The summed E-state index contributed by atoms with van der Waals surface area (Å²) in [6.07, 6.45) is 1.83. The van der Waals surface area contributed by atoms with Crippen molar-refractivity contribution in [2.45, 2.75) is 19.4 Å². The van der Waals surface area contributed by atoms with Crippen LogP contribution in [0.2, 0.25) is 0 Å². The molecular weight excluding hydrogens is 280 g/mol. The second-order valence-electron chi connectivity index (χ2n) is 5.06. The van der Waals surface area contributed by atoms with Crippen LogP contribution in [-0.4, -0.2) is 26.4 Å². The lowest BCUT2D eigenvalue weighted by Crippen LogP contribution is -2.04. The van der Waals surface area contributed by atoms with Crippen molar-refractivity contribution in [1.82, 2.24) is 0 Å². The summed E-state index contributed by atoms with van der Waals surface area (Å²) in [6, 6.07) is 5.62. The molecule has 0 amide bonds. The van der Waals surface area contributed by atoms with Crippen LogP contribution in [0.4, 0.5) is 0 Å². The Morgan fingerprint density at radius 1 is 1.14 bits per heavy atom. The van der Waals surface area contributed by atoms with E-state index < -0.39 is 0 Å². The molecule has 0 aromatic heterocycles. The fraction of sp³-hybridized carbons (Fsp3) is 0.333. The van der Waals surface area contributed by atoms with E-state index in [1.54, 1.807) is 21.3 Å². The molecule has 4 nitrogen and oxygen atoms in total. The topological polar surface area (TPSA) is 47.9 Å². The molecule has 0 aliphatic rings. The first-order valence-corrected chi connectivity index (χ1v) is 7.10. The highest BCUT2D eigenvalue weighted by Gasteiger charge is 2.21. The van der Waals surface area contributed by atoms with Crippen molar-refractivity contribution in [2.24, 2.45) is 0 Å². The second kappa shape index (κ2) is 6.71. The first-order chi connectivity index (χ1) is 10.6. The molecule has 2 rings (SSSR count). The van der Waals surface area contributed by atoms with E-state index in [4.69, 9.17) is 14.2 Å². The van der Waals surface area contributed by atoms with Gasteiger partial charge in [0.1, 0.15) is 17.2 Å². The average Bonchev–Trinajstić information content (AvgIpc) is 2.57. The molecule has 2 aromatic rings. The molecule has 1 atom stereocenters. The van der Waals surface area contributed by atoms with Crippen molar-refractivity contribution in [3.63, 3.8) is 0 Å². The predicted octanol–water partition coefficient (Wildman–Crippen LogP) is 3.65. The Morgan fingerprint density at radius 2 is 1.77 bits per heavy atom. The quantitative estimate of drug-likeness (QED) is 0.828. The maximum absolute atomic E-state index is 9.77. The van der Waals surface area contributed by atoms with Gasteiger partial charge in [-0.3, -0.25) is 0 Å². The fourth-order valence-corrected chi connectivity index (χ4v) is 2.80. The molecule has 0 fully saturated rings. The molecule has 2 aromatic carbocycles. The van der Waals surface area contributed by atoms with E-state index in [0.717, 1.165) is 21.9 Å². The highest BCUT2D eigenvalue weighted by atomic mass is 16.5. The molecule has 0 radical (unpaired) electrons. The average molecular weight is 302 g/mol. The van der Waals surface area contributed by atoms with Crippen LogP contribution in [0.3, 0.4) is 0 Å². The van der Waals surface area contributed by atoms with Gasteiger partial charge in [-0.2, -0.15) is 0 Å². The van der Waals surface area contributed by atoms with E-state index in [0.29, 0.717) is 17.2 Å². The lowest BCUT2D eigenvalue weighted by molar-refractivity contribution is 0.279. The third-order valence-corrected chi connectivity index (χ3v) is 3.93. The molecule has 118 valence electrons. The number of ether oxygens (including phenoxy) is 3. The van der Waals surface area contributed by atoms with E-state index in [-0.39, 0.29) is 12.5 Å². The Hall–Kier alpha value is -2.20. The largest absolute Gasteiger partial charge is 0.496 e. The van der Waals surface area contributed by atoms with Gasteiger partial charge in [-0.1, -0.05) is 13.0 Å². The van der Waals surface area contributed by atoms with Gasteiger partial charge in [0.05, 0.1) is 33.3 Å². The van der Waals surface area contributed by atoms with Crippen LogP contribution in [0.1, 0.15) is 24.0 Å². The van der Waals surface area contributed by atoms with Crippen LogP contribution in [0.15, 0.2) is 30.9 Å². The zero-order valence-electron chi connectivity index (χ0n) is 13.5. The smallest absolute Gasteiger partial charge is 0.134 e. The Balaban J connectivity index is 2.99. The summed E-state index contributed by atoms with van der Waals surface area (Å²) in [6.45, 7) is 5.78. The standard InChI is InChI=1S/C18H22O4/c1-6-11(2)16-12(10-19)9-13-14(20-3)7-8-15(21-4)17(13)18(16)22-5/h6-9,11,19H,1,10H2,2-5H3. The van der Waals surface area contributed by atoms with Crippen LogP contribution in [0.5, 0.6) is 17.2 Å². The number of allylic oxidation sites excluding steroid dienone is 1. The van der Waals surface area contributed by atoms with Crippen molar-refractivity contribution in [3.05, 3.63) is 42.0 Å². The Bertz CT molecular complexity index is 691. The molecule has 0 saturated carbocycles. The van der Waals surface area contributed by atoms with Gasteiger partial charge in [0.25, 0.3) is 0 Å². The minimum Gasteiger partial charge on any atom is -0.496 e. The third-order valence-electron chi connectivity index (χ3n) is 3.93. The molecule has 0 aliphatic carbocycles. The van der Waals surface area contributed by atoms with Gasteiger partial charge in [-0.05, 0) is 23.8 Å². The molecule has 0 saturated heterocycles. The maximum Gasteiger partial charge on any atom is 0.134 e. The zero-order chi connectivity index (χ0) is 16.3. The van der Waals surface area contributed by atoms with Crippen LogP contribution in [0, 0.1) is 0 Å². The first kappa shape index (κ1) is 16.2. The fourth-order valence-electron chi connectivity index (χ4n) is 2.80. The van der Waals surface area contributed by atoms with Gasteiger partial charge in [0.15, 0.2) is 0 Å². The van der Waals surface area contributed by atoms with Crippen molar-refractivity contribution < 1.29 is 19.3 Å². The van der Waals surface area contributed by atoms with Gasteiger partial charge in [0, 0.05) is 16.9 Å². The molecule has 4 heteroatoms. The van der Waals surface area contributed by atoms with Crippen molar-refractivity contribution in [3.8, 4) is 17.2 Å². The lowest BCUT2D eigenvalue weighted by atomic mass is 9.90. The summed E-state index contributed by atoms with van der Waals surface area (Å²) in [7, 11) is 4.86. The number of fused-ring (bicyclic) bond motifs is 1. The van der Waals surface area contributed by atoms with Crippen molar-refractivity contribution >= 4 is 10.8 Å². The minimum absolute atomic E-state index is 0.0393. The number of hydrogen-bond donors (Lipinski definition) is 1. The minimum atomic E-state index is -0.0832. The van der Waals surface area contributed by atoms with Crippen LogP contribution in [-0.2, 0) is 6.61 Å². The molecule has 1 unspecified atom stereocenters. The monoisotopic (exact) mass is 302 g/mol. The number of aliphatic hydroxyl groups is 1. The normalized spacial score (nSPS) is 12.0. The summed E-state index contributed by atoms with van der Waals surface area (Å²) in [5.41, 5.74) is 1.71. The zero-order valence-corrected chi connectivity index (χ0v) is 13.5. The molecule has 1 N–H and O–H groups in total. The van der Waals surface area contributed by atoms with Crippen LogP contribution < -0.4 is 14.2 Å². The number of benzene rings is 2. The van der Waals surface area contributed by atoms with Gasteiger partial charge in [-0.15, -0.1) is 6.58 Å². The van der Waals surface area contributed by atoms with Crippen LogP contribution in [0.25, 0.3) is 10.8 Å². The summed E-state index contributed by atoms with van der Waals surface area (Å²) in [4.78, 5) is 0. The lowest BCUT2D eigenvalue weighted by Gasteiger charge is -2.21. The number of methoxy groups -OCH3 is 3. The molecule has 0 bridgehead atoms. The van der Waals surface area contributed by atoms with Gasteiger partial charge in [0.2, 0.25) is 0 Å². The van der Waals surface area contributed by atoms with Gasteiger partial charge >= 0.3 is 0 Å². The summed E-state index contributed by atoms with van der Waals surface area (Å²) in [5, 5.41) is 11.5. The Kier molecular flexibility index (Phi) is 4.93. The van der Waals surface area contributed by atoms with Crippen molar-refractivity contribution in [1.29, 1.82) is 0 Å².